The molecule has 0 bridgehead atoms. The van der Waals surface area contributed by atoms with Crippen molar-refractivity contribution in [2.45, 2.75) is 13.3 Å². The van der Waals surface area contributed by atoms with Crippen LogP contribution in [0, 0.1) is 0 Å². The standard InChI is InChI=1S/C15H20N2O5/c1-2-5-17(10-15(19)20)9-14(18)16-11-3-4-12-13(8-11)22-7-6-21-12/h3-4,8H,2,5-7,9-10H2,1H3,(H,16,18)(H,19,20). The summed E-state index contributed by atoms with van der Waals surface area (Å²) in [5, 5.41) is 11.6. The number of rotatable bonds is 7. The quantitative estimate of drug-likeness (QED) is 0.787. The van der Waals surface area contributed by atoms with Crippen LogP contribution in [0.2, 0.25) is 0 Å². The van der Waals surface area contributed by atoms with Crippen LogP contribution >= 0.6 is 0 Å². The highest BCUT2D eigenvalue weighted by molar-refractivity contribution is 5.92. The van der Waals surface area contributed by atoms with Crippen molar-refractivity contribution in [3.8, 4) is 11.5 Å². The molecule has 1 aliphatic rings. The second-order valence-electron chi connectivity index (χ2n) is 5.01. The smallest absolute Gasteiger partial charge is 0.317 e. The van der Waals surface area contributed by atoms with E-state index >= 15 is 0 Å². The molecule has 0 radical (unpaired) electrons. The van der Waals surface area contributed by atoms with Crippen molar-refractivity contribution in [3.63, 3.8) is 0 Å². The first kappa shape index (κ1) is 16.1. The Labute approximate surface area is 128 Å². The fourth-order valence-electron chi connectivity index (χ4n) is 2.25. The van der Waals surface area contributed by atoms with Crippen molar-refractivity contribution in [1.29, 1.82) is 0 Å². The second-order valence-corrected chi connectivity index (χ2v) is 5.01. The number of nitrogens with zero attached hydrogens (tertiary/aromatic N) is 1. The van der Waals surface area contributed by atoms with Crippen LogP contribution in [0.4, 0.5) is 5.69 Å². The predicted molar refractivity (Wildman–Crippen MR) is 80.4 cm³/mol. The van der Waals surface area contributed by atoms with Gasteiger partial charge in [0.05, 0.1) is 13.1 Å². The number of carboxylic acid groups (broad SMARTS) is 1. The number of carbonyl (C=O) groups excluding carboxylic acids is 1. The number of fused-ring (bicyclic) bond motifs is 1. The van der Waals surface area contributed by atoms with Gasteiger partial charge in [0.1, 0.15) is 13.2 Å². The van der Waals surface area contributed by atoms with E-state index in [0.717, 1.165) is 6.42 Å². The third-order valence-electron chi connectivity index (χ3n) is 3.09. The Kier molecular flexibility index (Phi) is 5.60. The summed E-state index contributed by atoms with van der Waals surface area (Å²) in [7, 11) is 0. The van der Waals surface area contributed by atoms with Gasteiger partial charge in [-0.15, -0.1) is 0 Å². The van der Waals surface area contributed by atoms with Gasteiger partial charge in [-0.1, -0.05) is 6.92 Å². The van der Waals surface area contributed by atoms with E-state index in [0.29, 0.717) is 36.9 Å². The first-order valence-corrected chi connectivity index (χ1v) is 7.22. The highest BCUT2D eigenvalue weighted by atomic mass is 16.6. The van der Waals surface area contributed by atoms with Gasteiger partial charge in [-0.3, -0.25) is 14.5 Å². The zero-order chi connectivity index (χ0) is 15.9. The number of hydrogen-bond acceptors (Lipinski definition) is 5. The van der Waals surface area contributed by atoms with E-state index in [-0.39, 0.29) is 19.0 Å². The fourth-order valence-corrected chi connectivity index (χ4v) is 2.25. The summed E-state index contributed by atoms with van der Waals surface area (Å²) in [5.74, 6) is 0.0506. The van der Waals surface area contributed by atoms with Gasteiger partial charge in [0, 0.05) is 11.8 Å². The average Bonchev–Trinajstić information content (AvgIpc) is 2.46. The summed E-state index contributed by atoms with van der Waals surface area (Å²) in [6.45, 7) is 3.37. The minimum atomic E-state index is -0.944. The summed E-state index contributed by atoms with van der Waals surface area (Å²) in [5.41, 5.74) is 0.598. The third-order valence-corrected chi connectivity index (χ3v) is 3.09. The van der Waals surface area contributed by atoms with Crippen molar-refractivity contribution >= 4 is 17.6 Å². The normalized spacial score (nSPS) is 13.0. The molecule has 0 aliphatic carbocycles. The second kappa shape index (κ2) is 7.65. The lowest BCUT2D eigenvalue weighted by atomic mass is 10.2. The maximum Gasteiger partial charge on any atom is 0.317 e. The van der Waals surface area contributed by atoms with E-state index in [1.807, 2.05) is 6.92 Å². The summed E-state index contributed by atoms with van der Waals surface area (Å²) in [6, 6.07) is 5.17. The highest BCUT2D eigenvalue weighted by Gasteiger charge is 2.15. The number of benzene rings is 1. The molecule has 0 saturated carbocycles. The van der Waals surface area contributed by atoms with Crippen molar-refractivity contribution in [1.82, 2.24) is 4.90 Å². The van der Waals surface area contributed by atoms with Crippen LogP contribution in [0.1, 0.15) is 13.3 Å². The number of aliphatic carboxylic acids is 1. The van der Waals surface area contributed by atoms with Crippen LogP contribution in [0.15, 0.2) is 18.2 Å². The summed E-state index contributed by atoms with van der Waals surface area (Å²) in [4.78, 5) is 24.4. The molecule has 0 fully saturated rings. The molecule has 1 aromatic rings. The molecule has 2 N–H and O–H groups in total. The molecule has 1 amide bonds. The van der Waals surface area contributed by atoms with Crippen LogP contribution in [0.25, 0.3) is 0 Å². The number of carbonyl (C=O) groups is 2. The van der Waals surface area contributed by atoms with Crippen LogP contribution in [0.3, 0.4) is 0 Å². The van der Waals surface area contributed by atoms with E-state index in [9.17, 15) is 9.59 Å². The molecular weight excluding hydrogens is 288 g/mol. The lowest BCUT2D eigenvalue weighted by Crippen LogP contribution is -2.37. The molecule has 0 spiro atoms. The lowest BCUT2D eigenvalue weighted by molar-refractivity contribution is -0.138. The molecule has 7 nitrogen and oxygen atoms in total. The molecular formula is C15H20N2O5. The first-order valence-electron chi connectivity index (χ1n) is 7.22. The van der Waals surface area contributed by atoms with E-state index in [4.69, 9.17) is 14.6 Å². The number of amides is 1. The molecule has 120 valence electrons. The van der Waals surface area contributed by atoms with E-state index < -0.39 is 5.97 Å². The summed E-state index contributed by atoms with van der Waals surface area (Å²) < 4.78 is 10.9. The summed E-state index contributed by atoms with van der Waals surface area (Å²) >= 11 is 0. The van der Waals surface area contributed by atoms with Crippen molar-refractivity contribution < 1.29 is 24.2 Å². The molecule has 0 atom stereocenters. The van der Waals surface area contributed by atoms with E-state index in [2.05, 4.69) is 5.32 Å². The Bertz CT molecular complexity index is 547. The van der Waals surface area contributed by atoms with Gasteiger partial charge in [0.25, 0.3) is 0 Å². The minimum absolute atomic E-state index is 0.0363. The molecule has 0 aromatic heterocycles. The van der Waals surface area contributed by atoms with Crippen LogP contribution in [-0.2, 0) is 9.59 Å². The SMILES string of the molecule is CCCN(CC(=O)O)CC(=O)Nc1ccc2c(c1)OCCO2. The number of ether oxygens (including phenoxy) is 2. The monoisotopic (exact) mass is 308 g/mol. The predicted octanol–water partition coefficient (Wildman–Crippen LogP) is 1.19. The fraction of sp³-hybridized carbons (Fsp3) is 0.467. The topological polar surface area (TPSA) is 88.1 Å². The average molecular weight is 308 g/mol. The van der Waals surface area contributed by atoms with Crippen molar-refractivity contribution in [3.05, 3.63) is 18.2 Å². The van der Waals surface area contributed by atoms with E-state index in [1.165, 1.54) is 0 Å². The molecule has 0 unspecified atom stereocenters. The maximum atomic E-state index is 12.0. The van der Waals surface area contributed by atoms with Crippen molar-refractivity contribution in [2.24, 2.45) is 0 Å². The van der Waals surface area contributed by atoms with Crippen LogP contribution in [-0.4, -0.2) is 54.7 Å². The number of carboxylic acids is 1. The maximum absolute atomic E-state index is 12.0. The van der Waals surface area contributed by atoms with Gasteiger partial charge < -0.3 is 19.9 Å². The number of nitrogens with one attached hydrogen (secondary N) is 1. The Hall–Kier alpha value is -2.28. The highest BCUT2D eigenvalue weighted by Crippen LogP contribution is 2.32. The zero-order valence-electron chi connectivity index (χ0n) is 12.5. The molecule has 0 saturated heterocycles. The van der Waals surface area contributed by atoms with Crippen molar-refractivity contribution in [2.75, 3.05) is 38.2 Å². The molecule has 7 heteroatoms. The van der Waals surface area contributed by atoms with Crippen LogP contribution in [0.5, 0.6) is 11.5 Å². The largest absolute Gasteiger partial charge is 0.486 e. The van der Waals surface area contributed by atoms with Gasteiger partial charge in [-0.2, -0.15) is 0 Å². The minimum Gasteiger partial charge on any atom is -0.486 e. The van der Waals surface area contributed by atoms with Crippen LogP contribution < -0.4 is 14.8 Å². The summed E-state index contributed by atoms with van der Waals surface area (Å²) in [6.07, 6.45) is 0.782. The Morgan fingerprint density at radius 3 is 2.64 bits per heavy atom. The Morgan fingerprint density at radius 2 is 1.95 bits per heavy atom. The third kappa shape index (κ3) is 4.63. The Balaban J connectivity index is 1.94. The number of anilines is 1. The molecule has 2 rings (SSSR count). The molecule has 1 aliphatic heterocycles. The molecule has 1 aromatic carbocycles. The van der Waals surface area contributed by atoms with E-state index in [1.54, 1.807) is 23.1 Å². The van der Waals surface area contributed by atoms with Gasteiger partial charge in [-0.25, -0.2) is 0 Å². The Morgan fingerprint density at radius 1 is 1.23 bits per heavy atom. The molecule has 22 heavy (non-hydrogen) atoms. The first-order chi connectivity index (χ1) is 10.6. The van der Waals surface area contributed by atoms with Gasteiger partial charge in [0.15, 0.2) is 11.5 Å². The van der Waals surface area contributed by atoms with Gasteiger partial charge >= 0.3 is 5.97 Å². The number of hydrogen-bond donors (Lipinski definition) is 2. The zero-order valence-corrected chi connectivity index (χ0v) is 12.5. The van der Waals surface area contributed by atoms with Gasteiger partial charge in [-0.05, 0) is 25.1 Å². The molecule has 1 heterocycles. The van der Waals surface area contributed by atoms with Gasteiger partial charge in [0.2, 0.25) is 5.91 Å². The lowest BCUT2D eigenvalue weighted by Gasteiger charge is -2.20.